The molecule has 0 saturated carbocycles. The summed E-state index contributed by atoms with van der Waals surface area (Å²) in [5, 5.41) is 14.1. The van der Waals surface area contributed by atoms with Gasteiger partial charge in [-0.1, -0.05) is 41.6 Å². The summed E-state index contributed by atoms with van der Waals surface area (Å²) in [7, 11) is -6.82. The predicted molar refractivity (Wildman–Crippen MR) is 162 cm³/mol. The van der Waals surface area contributed by atoms with Crippen LogP contribution in [0.15, 0.2) is 88.4 Å². The zero-order valence-corrected chi connectivity index (χ0v) is 25.1. The lowest BCUT2D eigenvalue weighted by atomic mass is 9.92. The van der Waals surface area contributed by atoms with E-state index < -0.39 is 31.0 Å². The summed E-state index contributed by atoms with van der Waals surface area (Å²) in [5.41, 5.74) is 4.87. The molecule has 0 unspecified atom stereocenters. The highest BCUT2D eigenvalue weighted by Crippen LogP contribution is 2.37. The molecule has 0 spiro atoms. The molecule has 5 rings (SSSR count). The van der Waals surface area contributed by atoms with Crippen molar-refractivity contribution in [1.82, 2.24) is 15.1 Å². The number of hydrogen-bond donors (Lipinski definition) is 1. The molecule has 0 aliphatic heterocycles. The maximum atomic E-state index is 12.7. The van der Waals surface area contributed by atoms with E-state index in [-0.39, 0.29) is 16.6 Å². The van der Waals surface area contributed by atoms with E-state index in [1.54, 1.807) is 32.2 Å². The summed E-state index contributed by atoms with van der Waals surface area (Å²) >= 11 is 0. The minimum absolute atomic E-state index is 0.111. The minimum atomic E-state index is -3.43. The predicted octanol–water partition coefficient (Wildman–Crippen LogP) is 5.05. The first-order valence-corrected chi connectivity index (χ1v) is 16.7. The summed E-state index contributed by atoms with van der Waals surface area (Å²) in [4.78, 5) is 9.04. The van der Waals surface area contributed by atoms with Crippen LogP contribution in [-0.4, -0.2) is 49.6 Å². The molecule has 3 aromatic carbocycles. The second kappa shape index (κ2) is 10.9. The standard InChI is InChI=1S/C31H29N3O6S2/c1-31(2,42(4,38)39)24-17-23-9-6-14-32-29(23)26(18-24)22-8-5-7-20(15-22)16-27(30-33-28(19-35)34-40-30)21-10-12-25(13-11-21)41(3,36)37/h5-18,35H,19H2,1-4H3. The Balaban J connectivity index is 1.68. The maximum Gasteiger partial charge on any atom is 0.258 e. The number of rotatable bonds is 8. The Labute approximate surface area is 244 Å². The van der Waals surface area contributed by atoms with Gasteiger partial charge in [-0.25, -0.2) is 16.8 Å². The Kier molecular flexibility index (Phi) is 7.61. The lowest BCUT2D eigenvalue weighted by Gasteiger charge is -2.24. The van der Waals surface area contributed by atoms with Crippen molar-refractivity contribution in [1.29, 1.82) is 0 Å². The van der Waals surface area contributed by atoms with Crippen LogP contribution >= 0.6 is 0 Å². The number of fused-ring (bicyclic) bond motifs is 1. The fourth-order valence-electron chi connectivity index (χ4n) is 4.51. The average Bonchev–Trinajstić information content (AvgIpc) is 3.43. The van der Waals surface area contributed by atoms with Gasteiger partial charge in [0, 0.05) is 35.2 Å². The molecule has 0 saturated heterocycles. The Hall–Kier alpha value is -4.19. The Bertz CT molecular complexity index is 2050. The maximum absolute atomic E-state index is 12.7. The largest absolute Gasteiger partial charge is 0.388 e. The average molecular weight is 604 g/mol. The Morgan fingerprint density at radius 2 is 1.69 bits per heavy atom. The first-order valence-electron chi connectivity index (χ1n) is 12.9. The molecule has 11 heteroatoms. The van der Waals surface area contributed by atoms with Crippen molar-refractivity contribution in [2.75, 3.05) is 12.5 Å². The van der Waals surface area contributed by atoms with Crippen molar-refractivity contribution in [3.8, 4) is 11.1 Å². The molecule has 5 aromatic rings. The summed E-state index contributed by atoms with van der Waals surface area (Å²) in [6.07, 6.45) is 5.90. The molecule has 2 heterocycles. The quantitative estimate of drug-likeness (QED) is 0.241. The van der Waals surface area contributed by atoms with Gasteiger partial charge in [-0.3, -0.25) is 4.98 Å². The van der Waals surface area contributed by atoms with E-state index in [0.29, 0.717) is 16.7 Å². The fourth-order valence-corrected chi connectivity index (χ4v) is 5.69. The van der Waals surface area contributed by atoms with Crippen LogP contribution in [0.25, 0.3) is 33.7 Å². The van der Waals surface area contributed by atoms with Crippen LogP contribution in [0.3, 0.4) is 0 Å². The number of benzene rings is 3. The second-order valence-electron chi connectivity index (χ2n) is 10.5. The van der Waals surface area contributed by atoms with Crippen LogP contribution in [0.1, 0.15) is 42.3 Å². The highest BCUT2D eigenvalue weighted by Gasteiger charge is 2.33. The van der Waals surface area contributed by atoms with Crippen molar-refractivity contribution in [3.63, 3.8) is 0 Å². The van der Waals surface area contributed by atoms with Crippen molar-refractivity contribution >= 4 is 42.2 Å². The van der Waals surface area contributed by atoms with Gasteiger partial charge in [0.2, 0.25) is 0 Å². The number of sulfone groups is 2. The van der Waals surface area contributed by atoms with E-state index in [2.05, 4.69) is 15.1 Å². The fraction of sp³-hybridized carbons (Fsp3) is 0.194. The van der Waals surface area contributed by atoms with Gasteiger partial charge in [-0.15, -0.1) is 0 Å². The monoisotopic (exact) mass is 603 g/mol. The molecule has 0 fully saturated rings. The minimum Gasteiger partial charge on any atom is -0.388 e. The number of aliphatic hydroxyl groups excluding tert-OH is 1. The molecule has 0 amide bonds. The van der Waals surface area contributed by atoms with Crippen LogP contribution in [0.2, 0.25) is 0 Å². The third-order valence-electron chi connectivity index (χ3n) is 7.27. The van der Waals surface area contributed by atoms with Gasteiger partial charge in [0.05, 0.1) is 15.2 Å². The topological polar surface area (TPSA) is 140 Å². The molecule has 1 N–H and O–H groups in total. The first kappa shape index (κ1) is 29.3. The zero-order valence-electron chi connectivity index (χ0n) is 23.4. The molecule has 216 valence electrons. The van der Waals surface area contributed by atoms with Crippen LogP contribution in [-0.2, 0) is 31.0 Å². The van der Waals surface area contributed by atoms with E-state index in [4.69, 9.17) is 4.52 Å². The van der Waals surface area contributed by atoms with Gasteiger partial charge in [-0.2, -0.15) is 4.98 Å². The number of hydrogen-bond acceptors (Lipinski definition) is 9. The van der Waals surface area contributed by atoms with Gasteiger partial charge >= 0.3 is 0 Å². The summed E-state index contributed by atoms with van der Waals surface area (Å²) in [5.74, 6) is 0.265. The molecule has 0 aliphatic rings. The summed E-state index contributed by atoms with van der Waals surface area (Å²) in [6.45, 7) is 2.98. The molecule has 0 aliphatic carbocycles. The lowest BCUT2D eigenvalue weighted by Crippen LogP contribution is -2.28. The van der Waals surface area contributed by atoms with Crippen LogP contribution in [0.5, 0.6) is 0 Å². The SMILES string of the molecule is CC(C)(c1cc(-c2cccc(C=C(c3ccc(S(C)(=O)=O)cc3)c3nc(CO)no3)c2)c2ncccc2c1)S(C)(=O)=O. The van der Waals surface area contributed by atoms with Crippen molar-refractivity contribution in [3.05, 3.63) is 107 Å². The van der Waals surface area contributed by atoms with Crippen molar-refractivity contribution in [2.45, 2.75) is 30.1 Å². The molecule has 9 nitrogen and oxygen atoms in total. The van der Waals surface area contributed by atoms with Gasteiger partial charge in [0.1, 0.15) is 6.61 Å². The highest BCUT2D eigenvalue weighted by atomic mass is 32.2. The second-order valence-corrected chi connectivity index (χ2v) is 15.1. The molecule has 42 heavy (non-hydrogen) atoms. The first-order chi connectivity index (χ1) is 19.8. The molecule has 0 bridgehead atoms. The van der Waals surface area contributed by atoms with Crippen molar-refractivity contribution in [2.24, 2.45) is 0 Å². The Morgan fingerprint density at radius 3 is 2.33 bits per heavy atom. The molecular formula is C31H29N3O6S2. The molecule has 0 atom stereocenters. The van der Waals surface area contributed by atoms with E-state index in [0.717, 1.165) is 33.8 Å². The number of nitrogens with zero attached hydrogens (tertiary/aromatic N) is 3. The molecule has 2 aromatic heterocycles. The van der Waals surface area contributed by atoms with Gasteiger partial charge in [0.25, 0.3) is 5.89 Å². The van der Waals surface area contributed by atoms with E-state index >= 15 is 0 Å². The van der Waals surface area contributed by atoms with Gasteiger partial charge < -0.3 is 9.63 Å². The number of aromatic nitrogens is 3. The van der Waals surface area contributed by atoms with Crippen LogP contribution in [0.4, 0.5) is 0 Å². The van der Waals surface area contributed by atoms with Crippen LogP contribution < -0.4 is 0 Å². The van der Waals surface area contributed by atoms with Gasteiger partial charge in [-0.05, 0) is 78.6 Å². The van der Waals surface area contributed by atoms with Crippen LogP contribution in [0, 0.1) is 0 Å². The summed E-state index contributed by atoms with van der Waals surface area (Å²) < 4.78 is 53.7. The molecule has 0 radical (unpaired) electrons. The third kappa shape index (κ3) is 5.76. The lowest BCUT2D eigenvalue weighted by molar-refractivity contribution is 0.263. The van der Waals surface area contributed by atoms with E-state index in [1.807, 2.05) is 54.6 Å². The van der Waals surface area contributed by atoms with E-state index in [1.165, 1.54) is 18.4 Å². The molecular weight excluding hydrogens is 574 g/mol. The van der Waals surface area contributed by atoms with Gasteiger partial charge in [0.15, 0.2) is 25.5 Å². The number of aliphatic hydroxyl groups is 1. The number of pyridine rings is 1. The summed E-state index contributed by atoms with van der Waals surface area (Å²) in [6, 6.07) is 21.4. The normalized spacial score (nSPS) is 13.0. The Morgan fingerprint density at radius 1 is 0.952 bits per heavy atom. The van der Waals surface area contributed by atoms with Crippen molar-refractivity contribution < 1.29 is 26.5 Å². The highest BCUT2D eigenvalue weighted by molar-refractivity contribution is 7.91. The third-order valence-corrected chi connectivity index (χ3v) is 10.5. The zero-order chi connectivity index (χ0) is 30.3. The van der Waals surface area contributed by atoms with E-state index in [9.17, 15) is 21.9 Å². The smallest absolute Gasteiger partial charge is 0.258 e.